The maximum Gasteiger partial charge on any atom is 0.337 e. The first kappa shape index (κ1) is 12.0. The Bertz CT molecular complexity index is 367. The van der Waals surface area contributed by atoms with Gasteiger partial charge in [-0.15, -0.1) is 12.4 Å². The van der Waals surface area contributed by atoms with Crippen LogP contribution in [-0.2, 0) is 4.74 Å². The Hall–Kier alpha value is -1.06. The molecule has 1 saturated carbocycles. The number of nitrogens with two attached hydrogens (primary N) is 1. The zero-order valence-electron chi connectivity index (χ0n) is 8.47. The molecule has 1 aromatic rings. The second kappa shape index (κ2) is 4.64. The molecule has 0 saturated heterocycles. The standard InChI is InChI=1S/C11H13NO2.ClH/c1-14-11(13)8-4-2-3-7(5-8)9-6-10(9)12;/h2-5,9-10H,6,12H2,1H3;1H. The Balaban J connectivity index is 0.00000112. The van der Waals surface area contributed by atoms with Crippen LogP contribution in [0.1, 0.15) is 28.3 Å². The fraction of sp³-hybridized carbons (Fsp3) is 0.364. The van der Waals surface area contributed by atoms with Gasteiger partial charge in [-0.1, -0.05) is 12.1 Å². The van der Waals surface area contributed by atoms with Crippen molar-refractivity contribution in [2.45, 2.75) is 18.4 Å². The number of hydrogen-bond acceptors (Lipinski definition) is 3. The molecule has 2 rings (SSSR count). The molecular weight excluding hydrogens is 214 g/mol. The largest absolute Gasteiger partial charge is 0.465 e. The van der Waals surface area contributed by atoms with Crippen molar-refractivity contribution in [1.82, 2.24) is 0 Å². The van der Waals surface area contributed by atoms with Gasteiger partial charge in [-0.2, -0.15) is 0 Å². The van der Waals surface area contributed by atoms with Gasteiger partial charge in [-0.25, -0.2) is 4.79 Å². The van der Waals surface area contributed by atoms with Gasteiger partial charge in [0.1, 0.15) is 0 Å². The lowest BCUT2D eigenvalue weighted by Gasteiger charge is -2.02. The van der Waals surface area contributed by atoms with Crippen molar-refractivity contribution in [3.63, 3.8) is 0 Å². The van der Waals surface area contributed by atoms with E-state index in [1.54, 1.807) is 6.07 Å². The fourth-order valence-corrected chi connectivity index (χ4v) is 1.61. The van der Waals surface area contributed by atoms with Crippen LogP contribution in [0.4, 0.5) is 0 Å². The van der Waals surface area contributed by atoms with Crippen LogP contribution in [0.5, 0.6) is 0 Å². The molecule has 1 fully saturated rings. The molecule has 2 N–H and O–H groups in total. The molecule has 0 bridgehead atoms. The SMILES string of the molecule is COC(=O)c1cccc(C2CC2N)c1.Cl. The molecule has 0 heterocycles. The number of ether oxygens (including phenoxy) is 1. The topological polar surface area (TPSA) is 52.3 Å². The fourth-order valence-electron chi connectivity index (χ4n) is 1.61. The minimum atomic E-state index is -0.291. The van der Waals surface area contributed by atoms with E-state index in [9.17, 15) is 4.79 Å². The third kappa shape index (κ3) is 2.49. The Morgan fingerprint density at radius 2 is 2.20 bits per heavy atom. The maximum absolute atomic E-state index is 11.2. The van der Waals surface area contributed by atoms with Crippen molar-refractivity contribution in [3.8, 4) is 0 Å². The van der Waals surface area contributed by atoms with Crippen molar-refractivity contribution < 1.29 is 9.53 Å². The summed E-state index contributed by atoms with van der Waals surface area (Å²) in [4.78, 5) is 11.2. The molecule has 2 unspecified atom stereocenters. The van der Waals surface area contributed by atoms with Gasteiger partial charge >= 0.3 is 5.97 Å². The first-order valence-corrected chi connectivity index (χ1v) is 4.66. The minimum absolute atomic E-state index is 0. The Kier molecular flexibility index (Phi) is 3.72. The van der Waals surface area contributed by atoms with Crippen LogP contribution in [0.15, 0.2) is 24.3 Å². The van der Waals surface area contributed by atoms with Gasteiger partial charge in [0.2, 0.25) is 0 Å². The molecule has 15 heavy (non-hydrogen) atoms. The summed E-state index contributed by atoms with van der Waals surface area (Å²) < 4.78 is 4.65. The molecule has 4 heteroatoms. The maximum atomic E-state index is 11.2. The Morgan fingerprint density at radius 1 is 1.53 bits per heavy atom. The number of carbonyl (C=O) groups is 1. The lowest BCUT2D eigenvalue weighted by molar-refractivity contribution is 0.0600. The molecule has 0 aliphatic heterocycles. The van der Waals surface area contributed by atoms with E-state index in [1.165, 1.54) is 7.11 Å². The zero-order chi connectivity index (χ0) is 10.1. The van der Waals surface area contributed by atoms with E-state index >= 15 is 0 Å². The van der Waals surface area contributed by atoms with Crippen molar-refractivity contribution in [2.75, 3.05) is 7.11 Å². The smallest absolute Gasteiger partial charge is 0.337 e. The van der Waals surface area contributed by atoms with Crippen molar-refractivity contribution in [3.05, 3.63) is 35.4 Å². The van der Waals surface area contributed by atoms with E-state index in [1.807, 2.05) is 18.2 Å². The van der Waals surface area contributed by atoms with Gasteiger partial charge in [0.15, 0.2) is 0 Å². The molecule has 2 atom stereocenters. The van der Waals surface area contributed by atoms with Gasteiger partial charge in [0.05, 0.1) is 12.7 Å². The Labute approximate surface area is 95.0 Å². The summed E-state index contributed by atoms with van der Waals surface area (Å²) in [5.74, 6) is 0.140. The van der Waals surface area contributed by atoms with E-state index in [0.717, 1.165) is 12.0 Å². The van der Waals surface area contributed by atoms with Gasteiger partial charge < -0.3 is 10.5 Å². The predicted octanol–water partition coefficient (Wildman–Crippen LogP) is 1.71. The average molecular weight is 228 g/mol. The van der Waals surface area contributed by atoms with E-state index in [4.69, 9.17) is 5.73 Å². The van der Waals surface area contributed by atoms with E-state index < -0.39 is 0 Å². The van der Waals surface area contributed by atoms with E-state index in [-0.39, 0.29) is 24.4 Å². The highest BCUT2D eigenvalue weighted by Gasteiger charge is 2.34. The molecule has 0 aromatic heterocycles. The number of methoxy groups -OCH3 is 1. The first-order chi connectivity index (χ1) is 6.72. The van der Waals surface area contributed by atoms with Crippen molar-refractivity contribution in [1.29, 1.82) is 0 Å². The zero-order valence-corrected chi connectivity index (χ0v) is 9.29. The number of halogens is 1. The van der Waals surface area contributed by atoms with Crippen LogP contribution in [0, 0.1) is 0 Å². The minimum Gasteiger partial charge on any atom is -0.465 e. The highest BCUT2D eigenvalue weighted by Crippen LogP contribution is 2.39. The molecule has 3 nitrogen and oxygen atoms in total. The number of esters is 1. The van der Waals surface area contributed by atoms with Crippen LogP contribution in [0.3, 0.4) is 0 Å². The number of hydrogen-bond donors (Lipinski definition) is 1. The second-order valence-electron chi connectivity index (χ2n) is 3.62. The van der Waals surface area contributed by atoms with E-state index in [2.05, 4.69) is 4.74 Å². The molecule has 1 aliphatic carbocycles. The molecular formula is C11H14ClNO2. The summed E-state index contributed by atoms with van der Waals surface area (Å²) in [6.07, 6.45) is 1.02. The summed E-state index contributed by atoms with van der Waals surface area (Å²) >= 11 is 0. The molecule has 0 amide bonds. The van der Waals surface area contributed by atoms with Crippen molar-refractivity contribution in [2.24, 2.45) is 5.73 Å². The summed E-state index contributed by atoms with van der Waals surface area (Å²) in [6.45, 7) is 0. The van der Waals surface area contributed by atoms with Crippen molar-refractivity contribution >= 4 is 18.4 Å². The molecule has 1 aliphatic rings. The summed E-state index contributed by atoms with van der Waals surface area (Å²) in [5.41, 5.74) is 7.48. The first-order valence-electron chi connectivity index (χ1n) is 4.66. The number of benzene rings is 1. The summed E-state index contributed by atoms with van der Waals surface area (Å²) in [5, 5.41) is 0. The highest BCUT2D eigenvalue weighted by molar-refractivity contribution is 5.89. The number of carbonyl (C=O) groups excluding carboxylic acids is 1. The van der Waals surface area contributed by atoms with Gasteiger partial charge in [-0.05, 0) is 24.1 Å². The van der Waals surface area contributed by atoms with E-state index in [0.29, 0.717) is 11.5 Å². The lowest BCUT2D eigenvalue weighted by Crippen LogP contribution is -2.04. The molecule has 0 radical (unpaired) electrons. The van der Waals surface area contributed by atoms with Crippen LogP contribution >= 0.6 is 12.4 Å². The number of rotatable bonds is 2. The third-order valence-corrected chi connectivity index (χ3v) is 2.58. The van der Waals surface area contributed by atoms with Crippen LogP contribution in [-0.4, -0.2) is 19.1 Å². The summed E-state index contributed by atoms with van der Waals surface area (Å²) in [7, 11) is 1.39. The highest BCUT2D eigenvalue weighted by atomic mass is 35.5. The normalized spacial score (nSPS) is 22.8. The van der Waals surface area contributed by atoms with Gasteiger partial charge in [0.25, 0.3) is 0 Å². The molecule has 1 aromatic carbocycles. The summed E-state index contributed by atoms with van der Waals surface area (Å²) in [6, 6.07) is 7.76. The monoisotopic (exact) mass is 227 g/mol. The lowest BCUT2D eigenvalue weighted by atomic mass is 10.1. The van der Waals surface area contributed by atoms with Gasteiger partial charge in [-0.3, -0.25) is 0 Å². The van der Waals surface area contributed by atoms with Crippen LogP contribution < -0.4 is 5.73 Å². The van der Waals surface area contributed by atoms with Gasteiger partial charge in [0, 0.05) is 12.0 Å². The van der Waals surface area contributed by atoms with Crippen LogP contribution in [0.25, 0.3) is 0 Å². The molecule has 0 spiro atoms. The Morgan fingerprint density at radius 3 is 2.73 bits per heavy atom. The quantitative estimate of drug-likeness (QED) is 0.783. The average Bonchev–Trinajstić information content (AvgIpc) is 2.95. The second-order valence-corrected chi connectivity index (χ2v) is 3.62. The van der Waals surface area contributed by atoms with Crippen LogP contribution in [0.2, 0.25) is 0 Å². The third-order valence-electron chi connectivity index (χ3n) is 2.58. The predicted molar refractivity (Wildman–Crippen MR) is 60.4 cm³/mol. The molecule has 82 valence electrons.